The van der Waals surface area contributed by atoms with E-state index >= 15 is 0 Å². The van der Waals surface area contributed by atoms with Crippen molar-refractivity contribution in [3.8, 4) is 0 Å². The third-order valence-corrected chi connectivity index (χ3v) is 8.19. The number of halogens is 1. The van der Waals surface area contributed by atoms with Crippen molar-refractivity contribution in [2.24, 2.45) is 11.7 Å². The Bertz CT molecular complexity index is 1340. The SMILES string of the molecule is NC(=O)C(NC(=O)C1CCCCC1c1ccc(CN(C(=O)N2CCCC2)c2ccc(F)cc2)cc1)c1cccnc1. The minimum Gasteiger partial charge on any atom is -0.368 e. The molecule has 41 heavy (non-hydrogen) atoms. The highest BCUT2D eigenvalue weighted by atomic mass is 19.1. The van der Waals surface area contributed by atoms with Crippen LogP contribution in [0.2, 0.25) is 0 Å². The highest BCUT2D eigenvalue weighted by Crippen LogP contribution is 2.38. The maximum atomic E-state index is 13.6. The van der Waals surface area contributed by atoms with Gasteiger partial charge in [-0.1, -0.05) is 43.2 Å². The molecule has 1 saturated heterocycles. The molecule has 3 atom stereocenters. The Morgan fingerprint density at radius 1 is 0.976 bits per heavy atom. The molecule has 0 radical (unpaired) electrons. The van der Waals surface area contributed by atoms with Gasteiger partial charge in [-0.2, -0.15) is 0 Å². The first-order chi connectivity index (χ1) is 19.9. The Balaban J connectivity index is 1.32. The predicted molar refractivity (Wildman–Crippen MR) is 154 cm³/mol. The number of pyridine rings is 1. The number of nitrogens with two attached hydrogens (primary N) is 1. The molecule has 214 valence electrons. The fourth-order valence-electron chi connectivity index (χ4n) is 5.98. The van der Waals surface area contributed by atoms with Crippen LogP contribution in [0.5, 0.6) is 0 Å². The first kappa shape index (κ1) is 28.3. The number of amides is 4. The van der Waals surface area contributed by atoms with Gasteiger partial charge in [0.2, 0.25) is 11.8 Å². The van der Waals surface area contributed by atoms with Crippen LogP contribution in [0.3, 0.4) is 0 Å². The summed E-state index contributed by atoms with van der Waals surface area (Å²) in [5.74, 6) is -1.46. The smallest absolute Gasteiger partial charge is 0.324 e. The van der Waals surface area contributed by atoms with Gasteiger partial charge < -0.3 is 16.0 Å². The van der Waals surface area contributed by atoms with Crippen LogP contribution in [0.15, 0.2) is 73.1 Å². The standard InChI is InChI=1S/C32H36FN5O3/c33-25-13-15-26(16-14-25)38(32(41)37-18-3-4-19-37)21-22-9-11-23(12-10-22)27-7-1-2-8-28(27)31(40)36-29(30(34)39)24-6-5-17-35-20-24/h5-6,9-17,20,27-29H,1-4,7-8,18-19,21H2,(H2,34,39)(H,36,40). The maximum absolute atomic E-state index is 13.6. The summed E-state index contributed by atoms with van der Waals surface area (Å²) in [7, 11) is 0. The monoisotopic (exact) mass is 557 g/mol. The zero-order valence-electron chi connectivity index (χ0n) is 23.0. The van der Waals surface area contributed by atoms with Crippen molar-refractivity contribution in [2.45, 2.75) is 57.0 Å². The molecule has 2 aromatic carbocycles. The van der Waals surface area contributed by atoms with E-state index in [9.17, 15) is 18.8 Å². The Morgan fingerprint density at radius 3 is 2.34 bits per heavy atom. The molecular formula is C32H36FN5O3. The second kappa shape index (κ2) is 12.9. The van der Waals surface area contributed by atoms with E-state index in [1.54, 1.807) is 35.4 Å². The number of rotatable bonds is 8. The van der Waals surface area contributed by atoms with Gasteiger partial charge in [-0.3, -0.25) is 19.5 Å². The van der Waals surface area contributed by atoms with Crippen LogP contribution in [0.1, 0.15) is 67.2 Å². The summed E-state index contributed by atoms with van der Waals surface area (Å²) in [5.41, 5.74) is 8.81. The molecule has 8 nitrogen and oxygen atoms in total. The number of hydrogen-bond acceptors (Lipinski definition) is 4. The van der Waals surface area contributed by atoms with E-state index in [-0.39, 0.29) is 29.6 Å². The number of urea groups is 1. The summed E-state index contributed by atoms with van der Waals surface area (Å²) in [6.45, 7) is 1.79. The lowest BCUT2D eigenvalue weighted by Gasteiger charge is -2.32. The maximum Gasteiger partial charge on any atom is 0.324 e. The highest BCUT2D eigenvalue weighted by molar-refractivity contribution is 5.92. The molecule has 3 aromatic rings. The Morgan fingerprint density at radius 2 is 1.68 bits per heavy atom. The van der Waals surface area contributed by atoms with Crippen molar-refractivity contribution in [3.05, 3.63) is 95.6 Å². The fraction of sp³-hybridized carbons (Fsp3) is 0.375. The molecule has 4 amide bonds. The topological polar surface area (TPSA) is 109 Å². The third-order valence-electron chi connectivity index (χ3n) is 8.19. The molecular weight excluding hydrogens is 521 g/mol. The lowest BCUT2D eigenvalue weighted by atomic mass is 9.74. The lowest BCUT2D eigenvalue weighted by Crippen LogP contribution is -2.42. The van der Waals surface area contributed by atoms with E-state index in [4.69, 9.17) is 5.73 Å². The van der Waals surface area contributed by atoms with Crippen molar-refractivity contribution in [2.75, 3.05) is 18.0 Å². The third kappa shape index (κ3) is 6.73. The van der Waals surface area contributed by atoms with Crippen molar-refractivity contribution in [3.63, 3.8) is 0 Å². The van der Waals surface area contributed by atoms with Crippen molar-refractivity contribution in [1.29, 1.82) is 0 Å². The van der Waals surface area contributed by atoms with E-state index in [0.717, 1.165) is 62.7 Å². The summed E-state index contributed by atoms with van der Waals surface area (Å²) in [5, 5.41) is 2.87. The summed E-state index contributed by atoms with van der Waals surface area (Å²) in [4.78, 5) is 46.6. The number of aromatic nitrogens is 1. The number of benzene rings is 2. The number of hydrogen-bond donors (Lipinski definition) is 2. The minimum atomic E-state index is -0.938. The normalized spacial score (nSPS) is 19.4. The summed E-state index contributed by atoms with van der Waals surface area (Å²) in [6.07, 6.45) is 8.64. The number of carbonyl (C=O) groups is 3. The van der Waals surface area contributed by atoms with Crippen LogP contribution in [0, 0.1) is 11.7 Å². The van der Waals surface area contributed by atoms with Gasteiger partial charge in [-0.15, -0.1) is 0 Å². The first-order valence-corrected chi connectivity index (χ1v) is 14.3. The van der Waals surface area contributed by atoms with Crippen molar-refractivity contribution >= 4 is 23.5 Å². The van der Waals surface area contributed by atoms with E-state index in [2.05, 4.69) is 10.3 Å². The zero-order chi connectivity index (χ0) is 28.8. The van der Waals surface area contributed by atoms with Crippen LogP contribution in [0.25, 0.3) is 0 Å². The number of nitrogens with one attached hydrogen (secondary N) is 1. The van der Waals surface area contributed by atoms with E-state index < -0.39 is 11.9 Å². The second-order valence-corrected chi connectivity index (χ2v) is 10.9. The average molecular weight is 558 g/mol. The Labute approximate surface area is 239 Å². The molecule has 0 spiro atoms. The molecule has 3 N–H and O–H groups in total. The van der Waals surface area contributed by atoms with Crippen molar-refractivity contribution < 1.29 is 18.8 Å². The summed E-state index contributed by atoms with van der Waals surface area (Å²) >= 11 is 0. The van der Waals surface area contributed by atoms with Gasteiger partial charge in [0.25, 0.3) is 0 Å². The molecule has 1 saturated carbocycles. The molecule has 5 rings (SSSR count). The second-order valence-electron chi connectivity index (χ2n) is 10.9. The number of carbonyl (C=O) groups excluding carboxylic acids is 3. The quantitative estimate of drug-likeness (QED) is 0.404. The van der Waals surface area contributed by atoms with Crippen molar-refractivity contribution in [1.82, 2.24) is 15.2 Å². The molecule has 0 bridgehead atoms. The van der Waals surface area contributed by atoms with Gasteiger partial charge in [0.15, 0.2) is 0 Å². The van der Waals surface area contributed by atoms with Gasteiger partial charge in [-0.25, -0.2) is 9.18 Å². The van der Waals surface area contributed by atoms with Gasteiger partial charge in [0.05, 0.1) is 6.54 Å². The van der Waals surface area contributed by atoms with Gasteiger partial charge >= 0.3 is 6.03 Å². The fourth-order valence-corrected chi connectivity index (χ4v) is 5.98. The number of primary amides is 1. The van der Waals surface area contributed by atoms with Crippen LogP contribution in [-0.2, 0) is 16.1 Å². The number of anilines is 1. The largest absolute Gasteiger partial charge is 0.368 e. The Hall–Kier alpha value is -4.27. The van der Waals surface area contributed by atoms with Crippen LogP contribution >= 0.6 is 0 Å². The van der Waals surface area contributed by atoms with Crippen LogP contribution in [0.4, 0.5) is 14.9 Å². The van der Waals surface area contributed by atoms with Gasteiger partial charge in [-0.05, 0) is 73.1 Å². The van der Waals surface area contributed by atoms with Crippen LogP contribution < -0.4 is 16.0 Å². The number of nitrogens with zero attached hydrogens (tertiary/aromatic N) is 3. The summed E-state index contributed by atoms with van der Waals surface area (Å²) < 4.78 is 13.6. The van der Waals surface area contributed by atoms with E-state index in [1.165, 1.54) is 18.3 Å². The molecule has 1 aromatic heterocycles. The molecule has 2 heterocycles. The zero-order valence-corrected chi connectivity index (χ0v) is 23.0. The molecule has 2 aliphatic rings. The van der Waals surface area contributed by atoms with E-state index in [0.29, 0.717) is 17.8 Å². The molecule has 3 unspecified atom stereocenters. The molecule has 2 fully saturated rings. The molecule has 9 heteroatoms. The lowest BCUT2D eigenvalue weighted by molar-refractivity contribution is -0.131. The minimum absolute atomic E-state index is 0.000316. The average Bonchev–Trinajstić information content (AvgIpc) is 3.55. The van der Waals surface area contributed by atoms with Gasteiger partial charge in [0, 0.05) is 42.7 Å². The summed E-state index contributed by atoms with van der Waals surface area (Å²) in [6, 6.07) is 16.5. The first-order valence-electron chi connectivity index (χ1n) is 14.3. The highest BCUT2D eigenvalue weighted by Gasteiger charge is 2.34. The molecule has 1 aliphatic heterocycles. The molecule has 1 aliphatic carbocycles. The van der Waals surface area contributed by atoms with Crippen LogP contribution in [-0.4, -0.2) is 40.8 Å². The Kier molecular flexibility index (Phi) is 8.91. The van der Waals surface area contributed by atoms with Gasteiger partial charge in [0.1, 0.15) is 11.9 Å². The number of likely N-dealkylation sites (tertiary alicyclic amines) is 1. The predicted octanol–water partition coefficient (Wildman–Crippen LogP) is 5.06. The van der Waals surface area contributed by atoms with E-state index in [1.807, 2.05) is 29.2 Å².